The zero-order valence-electron chi connectivity index (χ0n) is 13.9. The number of morpholine rings is 1. The van der Waals surface area contributed by atoms with Gasteiger partial charge in [-0.2, -0.15) is 0 Å². The summed E-state index contributed by atoms with van der Waals surface area (Å²) >= 11 is 0. The van der Waals surface area contributed by atoms with Crippen LogP contribution in [-0.4, -0.2) is 56.1 Å². The van der Waals surface area contributed by atoms with Gasteiger partial charge in [-0.15, -0.1) is 0 Å². The van der Waals surface area contributed by atoms with Crippen LogP contribution >= 0.6 is 0 Å². The van der Waals surface area contributed by atoms with Gasteiger partial charge in [-0.3, -0.25) is 14.5 Å². The maximum atomic E-state index is 11.8. The van der Waals surface area contributed by atoms with Crippen molar-refractivity contribution in [1.29, 1.82) is 0 Å². The topological polar surface area (TPSA) is 96.7 Å². The molecule has 1 aromatic rings. The third-order valence-corrected chi connectivity index (χ3v) is 3.93. The number of rotatable bonds is 7. The van der Waals surface area contributed by atoms with Gasteiger partial charge in [0.15, 0.2) is 0 Å². The fourth-order valence-electron chi connectivity index (χ4n) is 2.54. The summed E-state index contributed by atoms with van der Waals surface area (Å²) in [5.41, 5.74) is 7.50. The molecule has 4 N–H and O–H groups in total. The van der Waals surface area contributed by atoms with E-state index >= 15 is 0 Å². The number of amides is 2. The molecule has 132 valence electrons. The summed E-state index contributed by atoms with van der Waals surface area (Å²) in [4.78, 5) is 25.8. The zero-order valence-corrected chi connectivity index (χ0v) is 13.9. The highest BCUT2D eigenvalue weighted by Gasteiger charge is 2.13. The van der Waals surface area contributed by atoms with Crippen LogP contribution in [0.3, 0.4) is 0 Å². The van der Waals surface area contributed by atoms with Gasteiger partial charge in [0.1, 0.15) is 0 Å². The molecular formula is C17H26N4O3. The van der Waals surface area contributed by atoms with Crippen molar-refractivity contribution < 1.29 is 14.3 Å². The van der Waals surface area contributed by atoms with Gasteiger partial charge in [0.05, 0.1) is 13.2 Å². The van der Waals surface area contributed by atoms with Crippen LogP contribution in [0.5, 0.6) is 0 Å². The quantitative estimate of drug-likeness (QED) is 0.466. The Morgan fingerprint density at radius 1 is 1.12 bits per heavy atom. The van der Waals surface area contributed by atoms with Gasteiger partial charge < -0.3 is 21.1 Å². The predicted octanol–water partition coefficient (Wildman–Crippen LogP) is -0.400. The second-order valence-electron chi connectivity index (χ2n) is 5.77. The Morgan fingerprint density at radius 2 is 1.83 bits per heavy atom. The van der Waals surface area contributed by atoms with Crippen LogP contribution < -0.4 is 16.4 Å². The second kappa shape index (κ2) is 10.0. The van der Waals surface area contributed by atoms with E-state index in [2.05, 4.69) is 15.5 Å². The molecule has 7 nitrogen and oxygen atoms in total. The fraction of sp³-hybridized carbons (Fsp3) is 0.529. The van der Waals surface area contributed by atoms with Crippen molar-refractivity contribution in [3.8, 4) is 0 Å². The van der Waals surface area contributed by atoms with Crippen molar-refractivity contribution in [2.45, 2.75) is 19.5 Å². The molecule has 0 aromatic heterocycles. The minimum Gasteiger partial charge on any atom is -0.379 e. The van der Waals surface area contributed by atoms with E-state index < -0.39 is 11.8 Å². The predicted molar refractivity (Wildman–Crippen MR) is 91.1 cm³/mol. The molecule has 1 aliphatic heterocycles. The number of ether oxygens (including phenoxy) is 1. The molecule has 0 bridgehead atoms. The van der Waals surface area contributed by atoms with E-state index in [9.17, 15) is 9.59 Å². The molecule has 1 aliphatic rings. The average molecular weight is 334 g/mol. The molecule has 0 radical (unpaired) electrons. The van der Waals surface area contributed by atoms with E-state index in [1.54, 1.807) is 0 Å². The SMILES string of the molecule is NCc1cccc(CNC(=O)C(=O)NCCCN2CCOCC2)c1. The highest BCUT2D eigenvalue weighted by atomic mass is 16.5. The molecule has 1 aromatic carbocycles. The Balaban J connectivity index is 1.61. The Kier molecular flexibility index (Phi) is 7.67. The van der Waals surface area contributed by atoms with Crippen molar-refractivity contribution >= 4 is 11.8 Å². The Hall–Kier alpha value is -1.96. The highest BCUT2D eigenvalue weighted by Crippen LogP contribution is 2.04. The molecule has 1 saturated heterocycles. The lowest BCUT2D eigenvalue weighted by atomic mass is 10.1. The number of carbonyl (C=O) groups excluding carboxylic acids is 2. The van der Waals surface area contributed by atoms with Crippen LogP contribution in [0.25, 0.3) is 0 Å². The molecule has 2 amide bonds. The van der Waals surface area contributed by atoms with Crippen LogP contribution in [0, 0.1) is 0 Å². The molecule has 0 saturated carbocycles. The van der Waals surface area contributed by atoms with Crippen molar-refractivity contribution in [2.24, 2.45) is 5.73 Å². The number of benzene rings is 1. The largest absolute Gasteiger partial charge is 0.379 e. The van der Waals surface area contributed by atoms with E-state index in [0.29, 0.717) is 19.6 Å². The van der Waals surface area contributed by atoms with Crippen molar-refractivity contribution in [1.82, 2.24) is 15.5 Å². The first-order chi connectivity index (χ1) is 11.7. The van der Waals surface area contributed by atoms with Gasteiger partial charge in [0.25, 0.3) is 0 Å². The summed E-state index contributed by atoms with van der Waals surface area (Å²) in [6.45, 7) is 5.54. The van der Waals surface area contributed by atoms with Crippen LogP contribution in [0.15, 0.2) is 24.3 Å². The number of nitrogens with one attached hydrogen (secondary N) is 2. The van der Waals surface area contributed by atoms with Gasteiger partial charge in [0.2, 0.25) is 0 Å². The van der Waals surface area contributed by atoms with E-state index in [-0.39, 0.29) is 0 Å². The Morgan fingerprint density at radius 3 is 2.58 bits per heavy atom. The summed E-state index contributed by atoms with van der Waals surface area (Å²) in [6.07, 6.45) is 0.817. The van der Waals surface area contributed by atoms with Gasteiger partial charge in [-0.05, 0) is 24.1 Å². The summed E-state index contributed by atoms with van der Waals surface area (Å²) in [7, 11) is 0. The monoisotopic (exact) mass is 334 g/mol. The van der Waals surface area contributed by atoms with Crippen LogP contribution in [-0.2, 0) is 27.4 Å². The van der Waals surface area contributed by atoms with Gasteiger partial charge >= 0.3 is 11.8 Å². The highest BCUT2D eigenvalue weighted by molar-refractivity contribution is 6.35. The molecule has 1 heterocycles. The van der Waals surface area contributed by atoms with Crippen LogP contribution in [0.2, 0.25) is 0 Å². The minimum atomic E-state index is -0.612. The first-order valence-electron chi connectivity index (χ1n) is 8.33. The Labute approximate surface area is 142 Å². The number of nitrogens with zero attached hydrogens (tertiary/aromatic N) is 1. The van der Waals surface area contributed by atoms with Gasteiger partial charge in [-0.25, -0.2) is 0 Å². The molecule has 0 aliphatic carbocycles. The maximum Gasteiger partial charge on any atom is 0.309 e. The van der Waals surface area contributed by atoms with Gasteiger partial charge in [-0.1, -0.05) is 24.3 Å². The third kappa shape index (κ3) is 6.27. The third-order valence-electron chi connectivity index (χ3n) is 3.93. The molecule has 24 heavy (non-hydrogen) atoms. The van der Waals surface area contributed by atoms with E-state index in [1.165, 1.54) is 0 Å². The normalized spacial score (nSPS) is 15.0. The first-order valence-corrected chi connectivity index (χ1v) is 8.33. The number of carbonyl (C=O) groups is 2. The van der Waals surface area contributed by atoms with Crippen LogP contribution in [0.4, 0.5) is 0 Å². The molecule has 0 spiro atoms. The number of nitrogens with two attached hydrogens (primary N) is 1. The summed E-state index contributed by atoms with van der Waals surface area (Å²) in [6, 6.07) is 7.61. The molecule has 0 atom stereocenters. The number of hydrogen-bond donors (Lipinski definition) is 3. The van der Waals surface area contributed by atoms with Crippen molar-refractivity contribution in [3.63, 3.8) is 0 Å². The molecule has 0 unspecified atom stereocenters. The van der Waals surface area contributed by atoms with Gasteiger partial charge in [0, 0.05) is 32.7 Å². The lowest BCUT2D eigenvalue weighted by molar-refractivity contribution is -0.139. The molecule has 2 rings (SSSR count). The average Bonchev–Trinajstić information content (AvgIpc) is 2.64. The lowest BCUT2D eigenvalue weighted by Crippen LogP contribution is -2.41. The molecular weight excluding hydrogens is 308 g/mol. The maximum absolute atomic E-state index is 11.8. The zero-order chi connectivity index (χ0) is 17.2. The first kappa shape index (κ1) is 18.4. The molecule has 1 fully saturated rings. The smallest absolute Gasteiger partial charge is 0.309 e. The van der Waals surface area contributed by atoms with E-state index in [4.69, 9.17) is 10.5 Å². The summed E-state index contributed by atoms with van der Waals surface area (Å²) in [5, 5.41) is 5.27. The van der Waals surface area contributed by atoms with Crippen molar-refractivity contribution in [2.75, 3.05) is 39.4 Å². The summed E-state index contributed by atoms with van der Waals surface area (Å²) in [5.74, 6) is -1.20. The lowest BCUT2D eigenvalue weighted by Gasteiger charge is -2.26. The van der Waals surface area contributed by atoms with Crippen LogP contribution in [0.1, 0.15) is 17.5 Å². The fourth-order valence-corrected chi connectivity index (χ4v) is 2.54. The summed E-state index contributed by atoms with van der Waals surface area (Å²) < 4.78 is 5.28. The van der Waals surface area contributed by atoms with Crippen molar-refractivity contribution in [3.05, 3.63) is 35.4 Å². The standard InChI is InChI=1S/C17H26N4O3/c18-12-14-3-1-4-15(11-14)13-20-17(23)16(22)19-5-2-6-21-7-9-24-10-8-21/h1,3-4,11H,2,5-10,12-13,18H2,(H,19,22)(H,20,23). The Bertz CT molecular complexity index is 544. The van der Waals surface area contributed by atoms with E-state index in [0.717, 1.165) is 50.4 Å². The number of hydrogen-bond acceptors (Lipinski definition) is 5. The minimum absolute atomic E-state index is 0.313. The second-order valence-corrected chi connectivity index (χ2v) is 5.77. The van der Waals surface area contributed by atoms with E-state index in [1.807, 2.05) is 24.3 Å². The molecule has 7 heteroatoms.